The highest BCUT2D eigenvalue weighted by Crippen LogP contribution is 2.24. The Hall–Kier alpha value is -1.92. The molecule has 6 nitrogen and oxygen atoms in total. The Morgan fingerprint density at radius 2 is 2.04 bits per heavy atom. The predicted molar refractivity (Wildman–Crippen MR) is 91.0 cm³/mol. The highest BCUT2D eigenvalue weighted by molar-refractivity contribution is 5.93. The Kier molecular flexibility index (Phi) is 5.38. The first-order valence-corrected chi connectivity index (χ1v) is 7.60. The zero-order valence-corrected chi connectivity index (χ0v) is 14.2. The number of aromatic nitrogens is 3. The molecule has 0 spiro atoms. The second-order valence-corrected chi connectivity index (χ2v) is 5.91. The first kappa shape index (κ1) is 17.4. The molecule has 1 aromatic carbocycles. The first-order valence-electron chi connectivity index (χ1n) is 7.60. The third kappa shape index (κ3) is 3.23. The SMILES string of the molecule is Cc1c(C(=O)N2CC(CN)CC2C)nnn1-c1ccccc1.Cl. The lowest BCUT2D eigenvalue weighted by Crippen LogP contribution is -2.35. The van der Waals surface area contributed by atoms with Crippen LogP contribution in [-0.4, -0.2) is 44.9 Å². The van der Waals surface area contributed by atoms with Gasteiger partial charge >= 0.3 is 0 Å². The number of para-hydroxylation sites is 1. The Bertz CT molecular complexity index is 672. The maximum atomic E-state index is 12.8. The lowest BCUT2D eigenvalue weighted by atomic mass is 10.1. The quantitative estimate of drug-likeness (QED) is 0.928. The Balaban J connectivity index is 0.00000192. The van der Waals surface area contributed by atoms with Gasteiger partial charge in [0, 0.05) is 12.6 Å². The van der Waals surface area contributed by atoms with Gasteiger partial charge in [-0.2, -0.15) is 0 Å². The van der Waals surface area contributed by atoms with Crippen molar-refractivity contribution in [2.75, 3.05) is 13.1 Å². The number of nitrogens with zero attached hydrogens (tertiary/aromatic N) is 4. The summed E-state index contributed by atoms with van der Waals surface area (Å²) >= 11 is 0. The maximum Gasteiger partial charge on any atom is 0.276 e. The molecular formula is C16H22ClN5O. The number of carbonyl (C=O) groups is 1. The molecular weight excluding hydrogens is 314 g/mol. The molecule has 2 atom stereocenters. The van der Waals surface area contributed by atoms with Gasteiger partial charge in [-0.15, -0.1) is 17.5 Å². The summed E-state index contributed by atoms with van der Waals surface area (Å²) in [6.45, 7) is 5.25. The molecule has 124 valence electrons. The molecule has 2 aromatic rings. The summed E-state index contributed by atoms with van der Waals surface area (Å²) < 4.78 is 1.70. The summed E-state index contributed by atoms with van der Waals surface area (Å²) in [5, 5.41) is 8.25. The molecule has 2 unspecified atom stereocenters. The van der Waals surface area contributed by atoms with E-state index in [1.807, 2.05) is 42.2 Å². The Morgan fingerprint density at radius 1 is 1.35 bits per heavy atom. The van der Waals surface area contributed by atoms with Gasteiger partial charge in [-0.1, -0.05) is 23.4 Å². The van der Waals surface area contributed by atoms with E-state index in [0.717, 1.165) is 17.8 Å². The summed E-state index contributed by atoms with van der Waals surface area (Å²) in [6, 6.07) is 9.90. The monoisotopic (exact) mass is 335 g/mol. The second-order valence-electron chi connectivity index (χ2n) is 5.91. The molecule has 0 aliphatic carbocycles. The van der Waals surface area contributed by atoms with Crippen molar-refractivity contribution < 1.29 is 4.79 Å². The second kappa shape index (κ2) is 7.10. The van der Waals surface area contributed by atoms with Crippen LogP contribution < -0.4 is 5.73 Å². The number of amides is 1. The number of rotatable bonds is 3. The molecule has 23 heavy (non-hydrogen) atoms. The molecule has 0 saturated carbocycles. The molecule has 2 N–H and O–H groups in total. The van der Waals surface area contributed by atoms with Crippen LogP contribution in [0.2, 0.25) is 0 Å². The number of halogens is 1. The van der Waals surface area contributed by atoms with Gasteiger partial charge in [0.25, 0.3) is 5.91 Å². The van der Waals surface area contributed by atoms with Crippen LogP contribution in [0, 0.1) is 12.8 Å². The molecule has 1 aromatic heterocycles. The molecule has 0 radical (unpaired) electrons. The van der Waals surface area contributed by atoms with Crippen molar-refractivity contribution in [1.82, 2.24) is 19.9 Å². The van der Waals surface area contributed by atoms with Crippen LogP contribution in [0.3, 0.4) is 0 Å². The number of carbonyl (C=O) groups excluding carboxylic acids is 1. The third-order valence-electron chi connectivity index (χ3n) is 4.35. The number of nitrogens with two attached hydrogens (primary N) is 1. The van der Waals surface area contributed by atoms with Crippen LogP contribution in [0.15, 0.2) is 30.3 Å². The summed E-state index contributed by atoms with van der Waals surface area (Å²) in [6.07, 6.45) is 0.952. The van der Waals surface area contributed by atoms with Gasteiger partial charge in [0.2, 0.25) is 0 Å². The van der Waals surface area contributed by atoms with Crippen LogP contribution in [0.5, 0.6) is 0 Å². The highest BCUT2D eigenvalue weighted by Gasteiger charge is 2.34. The number of likely N-dealkylation sites (tertiary alicyclic amines) is 1. The van der Waals surface area contributed by atoms with E-state index >= 15 is 0 Å². The van der Waals surface area contributed by atoms with Gasteiger partial charge in [0.05, 0.1) is 11.4 Å². The molecule has 1 fully saturated rings. The lowest BCUT2D eigenvalue weighted by Gasteiger charge is -2.20. The molecule has 1 aliphatic heterocycles. The normalized spacial score (nSPS) is 20.4. The minimum Gasteiger partial charge on any atom is -0.334 e. The van der Waals surface area contributed by atoms with E-state index in [4.69, 9.17) is 5.73 Å². The molecule has 3 rings (SSSR count). The van der Waals surface area contributed by atoms with Gasteiger partial charge in [0.1, 0.15) is 0 Å². The van der Waals surface area contributed by atoms with Crippen molar-refractivity contribution in [2.24, 2.45) is 11.7 Å². The fourth-order valence-corrected chi connectivity index (χ4v) is 3.07. The van der Waals surface area contributed by atoms with Crippen LogP contribution in [-0.2, 0) is 0 Å². The smallest absolute Gasteiger partial charge is 0.276 e. The minimum absolute atomic E-state index is 0. The van der Waals surface area contributed by atoms with Gasteiger partial charge in [-0.25, -0.2) is 4.68 Å². The van der Waals surface area contributed by atoms with Crippen molar-refractivity contribution in [3.63, 3.8) is 0 Å². The van der Waals surface area contributed by atoms with E-state index < -0.39 is 0 Å². The van der Waals surface area contributed by atoms with Gasteiger partial charge in [0.15, 0.2) is 5.69 Å². The summed E-state index contributed by atoms with van der Waals surface area (Å²) in [7, 11) is 0. The lowest BCUT2D eigenvalue weighted by molar-refractivity contribution is 0.0736. The maximum absolute atomic E-state index is 12.8. The highest BCUT2D eigenvalue weighted by atomic mass is 35.5. The first-order chi connectivity index (χ1) is 10.6. The molecule has 1 saturated heterocycles. The van der Waals surface area contributed by atoms with E-state index in [1.165, 1.54) is 0 Å². The summed E-state index contributed by atoms with van der Waals surface area (Å²) in [5.41, 5.74) is 7.83. The van der Waals surface area contributed by atoms with Gasteiger partial charge in [-0.05, 0) is 44.9 Å². The van der Waals surface area contributed by atoms with Crippen molar-refractivity contribution in [1.29, 1.82) is 0 Å². The molecule has 0 bridgehead atoms. The third-order valence-corrected chi connectivity index (χ3v) is 4.35. The van der Waals surface area contributed by atoms with Gasteiger partial charge < -0.3 is 10.6 Å². The Morgan fingerprint density at radius 3 is 2.65 bits per heavy atom. The van der Waals surface area contributed by atoms with Crippen molar-refractivity contribution in [3.8, 4) is 5.69 Å². The topological polar surface area (TPSA) is 77.0 Å². The fraction of sp³-hybridized carbons (Fsp3) is 0.438. The van der Waals surface area contributed by atoms with Crippen molar-refractivity contribution >= 4 is 18.3 Å². The molecule has 2 heterocycles. The number of hydrogen-bond donors (Lipinski definition) is 1. The Labute approximate surface area is 142 Å². The van der Waals surface area contributed by atoms with E-state index in [1.54, 1.807) is 4.68 Å². The minimum atomic E-state index is -0.0527. The van der Waals surface area contributed by atoms with Crippen LogP contribution in [0.1, 0.15) is 29.5 Å². The van der Waals surface area contributed by atoms with Crippen LogP contribution >= 0.6 is 12.4 Å². The molecule has 1 aliphatic rings. The van der Waals surface area contributed by atoms with Crippen LogP contribution in [0.4, 0.5) is 0 Å². The fourth-order valence-electron chi connectivity index (χ4n) is 3.07. The summed E-state index contributed by atoms with van der Waals surface area (Å²) in [5.74, 6) is 0.326. The molecule has 7 heteroatoms. The van der Waals surface area contributed by atoms with E-state index in [2.05, 4.69) is 17.2 Å². The van der Waals surface area contributed by atoms with Crippen molar-refractivity contribution in [3.05, 3.63) is 41.7 Å². The number of benzene rings is 1. The average molecular weight is 336 g/mol. The predicted octanol–water partition coefficient (Wildman–Crippen LogP) is 1.81. The van der Waals surface area contributed by atoms with Crippen LogP contribution in [0.25, 0.3) is 5.69 Å². The zero-order chi connectivity index (χ0) is 15.7. The standard InChI is InChI=1S/C16H21N5O.ClH/c1-11-8-13(9-17)10-20(11)16(22)15-12(2)21(19-18-15)14-6-4-3-5-7-14;/h3-7,11,13H,8-10,17H2,1-2H3;1H. The van der Waals surface area contributed by atoms with E-state index in [9.17, 15) is 4.79 Å². The van der Waals surface area contributed by atoms with E-state index in [0.29, 0.717) is 24.7 Å². The van der Waals surface area contributed by atoms with E-state index in [-0.39, 0.29) is 24.4 Å². The molecule has 1 amide bonds. The van der Waals surface area contributed by atoms with Gasteiger partial charge in [-0.3, -0.25) is 4.79 Å². The summed E-state index contributed by atoms with van der Waals surface area (Å²) in [4.78, 5) is 14.6. The number of hydrogen-bond acceptors (Lipinski definition) is 4. The largest absolute Gasteiger partial charge is 0.334 e. The zero-order valence-electron chi connectivity index (χ0n) is 13.3. The van der Waals surface area contributed by atoms with Crippen molar-refractivity contribution in [2.45, 2.75) is 26.3 Å². The average Bonchev–Trinajstić information content (AvgIpc) is 3.10.